The molecule has 0 saturated carbocycles. The molecule has 0 atom stereocenters. The predicted octanol–water partition coefficient (Wildman–Crippen LogP) is 4.61. The molecule has 4 rings (SSSR count). The molecule has 0 spiro atoms. The summed E-state index contributed by atoms with van der Waals surface area (Å²) in [5, 5.41) is 5.07. The Morgan fingerprint density at radius 3 is 2.65 bits per heavy atom. The Morgan fingerprint density at radius 1 is 1.00 bits per heavy atom. The van der Waals surface area contributed by atoms with Crippen LogP contribution in [0.15, 0.2) is 65.1 Å². The third-order valence-electron chi connectivity index (χ3n) is 3.70. The van der Waals surface area contributed by atoms with Gasteiger partial charge in [-0.3, -0.25) is 4.79 Å². The van der Waals surface area contributed by atoms with Crippen molar-refractivity contribution in [2.75, 3.05) is 5.32 Å². The minimum atomic E-state index is -0.109. The third kappa shape index (κ3) is 2.55. The van der Waals surface area contributed by atoms with E-state index in [2.05, 4.69) is 34.6 Å². The van der Waals surface area contributed by atoms with E-state index in [1.54, 1.807) is 6.07 Å². The zero-order valence-electron chi connectivity index (χ0n) is 12.5. The van der Waals surface area contributed by atoms with Crippen LogP contribution in [0.1, 0.15) is 6.92 Å². The largest absolute Gasteiger partial charge is 0.436 e. The van der Waals surface area contributed by atoms with Crippen molar-refractivity contribution in [1.29, 1.82) is 0 Å². The molecular formula is C19H14N2O2. The van der Waals surface area contributed by atoms with E-state index < -0.39 is 0 Å². The van der Waals surface area contributed by atoms with Crippen molar-refractivity contribution >= 4 is 33.5 Å². The molecule has 0 saturated heterocycles. The number of aromatic nitrogens is 1. The van der Waals surface area contributed by atoms with Gasteiger partial charge in [0.25, 0.3) is 0 Å². The Kier molecular flexibility index (Phi) is 3.08. The maximum absolute atomic E-state index is 11.1. The lowest BCUT2D eigenvalue weighted by Crippen LogP contribution is -2.05. The number of rotatable bonds is 2. The second-order valence-corrected chi connectivity index (χ2v) is 5.44. The summed E-state index contributed by atoms with van der Waals surface area (Å²) in [6.45, 7) is 1.48. The Bertz CT molecular complexity index is 1030. The third-order valence-corrected chi connectivity index (χ3v) is 3.70. The SMILES string of the molecule is CC(=O)Nc1ccc2oc(-c3ccc4ccccc4c3)nc2c1. The van der Waals surface area contributed by atoms with Gasteiger partial charge in [0.15, 0.2) is 5.58 Å². The van der Waals surface area contributed by atoms with E-state index in [0.29, 0.717) is 17.2 Å². The smallest absolute Gasteiger partial charge is 0.227 e. The molecule has 4 nitrogen and oxygen atoms in total. The molecule has 0 aliphatic rings. The molecular weight excluding hydrogens is 288 g/mol. The minimum absolute atomic E-state index is 0.109. The second kappa shape index (κ2) is 5.25. The average molecular weight is 302 g/mol. The van der Waals surface area contributed by atoms with Gasteiger partial charge in [0.05, 0.1) is 0 Å². The summed E-state index contributed by atoms with van der Waals surface area (Å²) < 4.78 is 5.84. The molecule has 1 N–H and O–H groups in total. The van der Waals surface area contributed by atoms with Crippen LogP contribution in [0.4, 0.5) is 5.69 Å². The fraction of sp³-hybridized carbons (Fsp3) is 0.0526. The highest BCUT2D eigenvalue weighted by molar-refractivity contribution is 5.92. The van der Waals surface area contributed by atoms with E-state index in [9.17, 15) is 4.79 Å². The number of nitrogens with one attached hydrogen (secondary N) is 1. The Morgan fingerprint density at radius 2 is 1.83 bits per heavy atom. The van der Waals surface area contributed by atoms with Crippen LogP contribution in [0, 0.1) is 0 Å². The molecule has 0 aliphatic heterocycles. The summed E-state index contributed by atoms with van der Waals surface area (Å²) in [6, 6.07) is 19.7. The number of nitrogens with zero attached hydrogens (tertiary/aromatic N) is 1. The first kappa shape index (κ1) is 13.5. The van der Waals surface area contributed by atoms with Crippen LogP contribution in [-0.4, -0.2) is 10.9 Å². The zero-order chi connectivity index (χ0) is 15.8. The van der Waals surface area contributed by atoms with Crippen molar-refractivity contribution in [2.45, 2.75) is 6.92 Å². The first-order valence-electron chi connectivity index (χ1n) is 7.36. The second-order valence-electron chi connectivity index (χ2n) is 5.44. The number of fused-ring (bicyclic) bond motifs is 2. The summed E-state index contributed by atoms with van der Waals surface area (Å²) >= 11 is 0. The van der Waals surface area contributed by atoms with Gasteiger partial charge in [-0.1, -0.05) is 30.3 Å². The van der Waals surface area contributed by atoms with Crippen LogP contribution in [-0.2, 0) is 4.79 Å². The van der Waals surface area contributed by atoms with E-state index in [1.165, 1.54) is 12.3 Å². The Balaban J connectivity index is 1.79. The van der Waals surface area contributed by atoms with Gasteiger partial charge < -0.3 is 9.73 Å². The fourth-order valence-corrected chi connectivity index (χ4v) is 2.65. The Labute approximate surface area is 132 Å². The van der Waals surface area contributed by atoms with E-state index in [-0.39, 0.29) is 5.91 Å². The maximum Gasteiger partial charge on any atom is 0.227 e. The molecule has 0 radical (unpaired) electrons. The lowest BCUT2D eigenvalue weighted by Gasteiger charge is -1.99. The highest BCUT2D eigenvalue weighted by atomic mass is 16.3. The van der Waals surface area contributed by atoms with Crippen molar-refractivity contribution < 1.29 is 9.21 Å². The van der Waals surface area contributed by atoms with Crippen molar-refractivity contribution in [3.8, 4) is 11.5 Å². The van der Waals surface area contributed by atoms with Gasteiger partial charge in [0.2, 0.25) is 11.8 Å². The van der Waals surface area contributed by atoms with Gasteiger partial charge in [0, 0.05) is 18.2 Å². The van der Waals surface area contributed by atoms with Gasteiger partial charge in [-0.25, -0.2) is 4.98 Å². The van der Waals surface area contributed by atoms with E-state index in [0.717, 1.165) is 16.5 Å². The minimum Gasteiger partial charge on any atom is -0.436 e. The molecule has 3 aromatic carbocycles. The number of carbonyl (C=O) groups is 1. The summed E-state index contributed by atoms with van der Waals surface area (Å²) in [5.74, 6) is 0.466. The molecule has 0 unspecified atom stereocenters. The van der Waals surface area contributed by atoms with Crippen LogP contribution < -0.4 is 5.32 Å². The van der Waals surface area contributed by atoms with Crippen LogP contribution in [0.25, 0.3) is 33.3 Å². The monoisotopic (exact) mass is 302 g/mol. The molecule has 0 bridgehead atoms. The van der Waals surface area contributed by atoms with Crippen LogP contribution in [0.5, 0.6) is 0 Å². The average Bonchev–Trinajstić information content (AvgIpc) is 2.97. The fourth-order valence-electron chi connectivity index (χ4n) is 2.65. The number of benzene rings is 3. The lowest BCUT2D eigenvalue weighted by atomic mass is 10.1. The van der Waals surface area contributed by atoms with Crippen LogP contribution in [0.2, 0.25) is 0 Å². The van der Waals surface area contributed by atoms with Gasteiger partial charge in [-0.15, -0.1) is 0 Å². The summed E-state index contributed by atoms with van der Waals surface area (Å²) in [6.07, 6.45) is 0. The molecule has 4 heteroatoms. The summed E-state index contributed by atoms with van der Waals surface area (Å²) in [7, 11) is 0. The molecule has 1 amide bonds. The number of oxazole rings is 1. The highest BCUT2D eigenvalue weighted by Gasteiger charge is 2.09. The molecule has 23 heavy (non-hydrogen) atoms. The van der Waals surface area contributed by atoms with Crippen molar-refractivity contribution in [2.24, 2.45) is 0 Å². The molecule has 0 aliphatic carbocycles. The van der Waals surface area contributed by atoms with Crippen LogP contribution >= 0.6 is 0 Å². The number of carbonyl (C=O) groups excluding carboxylic acids is 1. The van der Waals surface area contributed by atoms with E-state index in [4.69, 9.17) is 4.42 Å². The summed E-state index contributed by atoms with van der Waals surface area (Å²) in [5.41, 5.74) is 3.06. The van der Waals surface area contributed by atoms with Gasteiger partial charge in [-0.2, -0.15) is 0 Å². The molecule has 4 aromatic rings. The maximum atomic E-state index is 11.1. The topological polar surface area (TPSA) is 55.1 Å². The molecule has 1 aromatic heterocycles. The standard InChI is InChI=1S/C19H14N2O2/c1-12(22)20-16-8-9-18-17(11-16)21-19(23-18)15-7-6-13-4-2-3-5-14(13)10-15/h2-11H,1H3,(H,20,22). The van der Waals surface area contributed by atoms with Crippen molar-refractivity contribution in [3.63, 3.8) is 0 Å². The first-order chi connectivity index (χ1) is 11.2. The molecule has 0 fully saturated rings. The quantitative estimate of drug-likeness (QED) is 0.588. The lowest BCUT2D eigenvalue weighted by molar-refractivity contribution is -0.114. The molecule has 112 valence electrons. The number of anilines is 1. The summed E-state index contributed by atoms with van der Waals surface area (Å²) in [4.78, 5) is 15.7. The van der Waals surface area contributed by atoms with Crippen molar-refractivity contribution in [1.82, 2.24) is 4.98 Å². The number of hydrogen-bond acceptors (Lipinski definition) is 3. The van der Waals surface area contributed by atoms with Gasteiger partial charge >= 0.3 is 0 Å². The normalized spacial score (nSPS) is 11.0. The predicted molar refractivity (Wildman–Crippen MR) is 91.3 cm³/mol. The first-order valence-corrected chi connectivity index (χ1v) is 7.36. The van der Waals surface area contributed by atoms with E-state index >= 15 is 0 Å². The molecule has 1 heterocycles. The Hall–Kier alpha value is -3.14. The van der Waals surface area contributed by atoms with Crippen LogP contribution in [0.3, 0.4) is 0 Å². The number of amides is 1. The zero-order valence-corrected chi connectivity index (χ0v) is 12.5. The highest BCUT2D eigenvalue weighted by Crippen LogP contribution is 2.28. The number of hydrogen-bond donors (Lipinski definition) is 1. The van der Waals surface area contributed by atoms with E-state index in [1.807, 2.05) is 30.3 Å². The van der Waals surface area contributed by atoms with Gasteiger partial charge in [-0.05, 0) is 41.1 Å². The van der Waals surface area contributed by atoms with Gasteiger partial charge in [0.1, 0.15) is 5.52 Å². The van der Waals surface area contributed by atoms with Crippen molar-refractivity contribution in [3.05, 3.63) is 60.7 Å².